The molecule has 2 heteroatoms. The van der Waals surface area contributed by atoms with Gasteiger partial charge in [-0.1, -0.05) is 104 Å². The van der Waals surface area contributed by atoms with E-state index < -0.39 is 0 Å². The van der Waals surface area contributed by atoms with Gasteiger partial charge in [-0.3, -0.25) is 0 Å². The average molecular weight is 351 g/mol. The van der Waals surface area contributed by atoms with E-state index in [9.17, 15) is 0 Å². The quantitative estimate of drug-likeness (QED) is 0.254. The van der Waals surface area contributed by atoms with Gasteiger partial charge in [-0.05, 0) is 12.8 Å². The fourth-order valence-corrected chi connectivity index (χ4v) is 4.04. The molecule has 0 radical (unpaired) electrons. The van der Waals surface area contributed by atoms with Crippen LogP contribution >= 0.6 is 0 Å². The number of unbranched alkanes of at least 4 members (excludes halogenated alkanes) is 14. The van der Waals surface area contributed by atoms with E-state index in [-0.39, 0.29) is 0 Å². The lowest BCUT2D eigenvalue weighted by Gasteiger charge is -2.29. The number of rotatable bonds is 17. The molecule has 0 aromatic carbocycles. The second-order valence-corrected chi connectivity index (χ2v) is 8.04. The number of nitrogens with zero attached hydrogens (tertiary/aromatic N) is 2. The largest absolute Gasteiger partial charge is 0.359 e. The van der Waals surface area contributed by atoms with E-state index in [0.29, 0.717) is 6.17 Å². The average Bonchev–Trinajstić information content (AvgIpc) is 2.98. The Morgan fingerprint density at radius 3 is 1.48 bits per heavy atom. The van der Waals surface area contributed by atoms with Crippen LogP contribution in [0.2, 0.25) is 0 Å². The third-order valence-corrected chi connectivity index (χ3v) is 5.73. The Balaban J connectivity index is 1.77. The summed E-state index contributed by atoms with van der Waals surface area (Å²) in [6, 6.07) is 0. The lowest BCUT2D eigenvalue weighted by Crippen LogP contribution is -2.36. The zero-order valence-electron chi connectivity index (χ0n) is 17.6. The van der Waals surface area contributed by atoms with Crippen LogP contribution < -0.4 is 0 Å². The Hall–Kier alpha value is -0.660. The Bertz CT molecular complexity index is 313. The molecular weight excluding hydrogens is 304 g/mol. The second kappa shape index (κ2) is 15.6. The highest BCUT2D eigenvalue weighted by molar-refractivity contribution is 4.94. The molecule has 0 N–H and O–H groups in total. The normalized spacial score (nSPS) is 17.0. The summed E-state index contributed by atoms with van der Waals surface area (Å²) >= 11 is 0. The maximum atomic E-state index is 2.52. The zero-order valence-corrected chi connectivity index (χ0v) is 17.6. The summed E-state index contributed by atoms with van der Waals surface area (Å²) in [4.78, 5) is 4.85. The van der Waals surface area contributed by atoms with Crippen LogP contribution in [-0.4, -0.2) is 29.6 Å². The summed E-state index contributed by atoms with van der Waals surface area (Å²) in [7, 11) is 2.19. The Labute approximate surface area is 159 Å². The van der Waals surface area contributed by atoms with E-state index in [0.717, 1.165) is 0 Å². The van der Waals surface area contributed by atoms with E-state index >= 15 is 0 Å². The molecule has 1 aliphatic rings. The first-order valence-electron chi connectivity index (χ1n) is 11.5. The monoisotopic (exact) mass is 350 g/mol. The van der Waals surface area contributed by atoms with Gasteiger partial charge in [0.15, 0.2) is 0 Å². The van der Waals surface area contributed by atoms with Crippen LogP contribution in [-0.2, 0) is 0 Å². The third kappa shape index (κ3) is 10.8. The predicted octanol–water partition coefficient (Wildman–Crippen LogP) is 7.31. The van der Waals surface area contributed by atoms with Crippen LogP contribution in [0.5, 0.6) is 0 Å². The molecule has 1 aliphatic heterocycles. The molecule has 0 aromatic rings. The van der Waals surface area contributed by atoms with Crippen molar-refractivity contribution < 1.29 is 0 Å². The van der Waals surface area contributed by atoms with Crippen molar-refractivity contribution in [1.82, 2.24) is 9.80 Å². The Kier molecular flexibility index (Phi) is 14.0. The van der Waals surface area contributed by atoms with Crippen molar-refractivity contribution in [3.63, 3.8) is 0 Å². The van der Waals surface area contributed by atoms with E-state index in [2.05, 4.69) is 43.1 Å². The first-order chi connectivity index (χ1) is 12.3. The van der Waals surface area contributed by atoms with E-state index in [4.69, 9.17) is 0 Å². The molecule has 1 unspecified atom stereocenters. The summed E-state index contributed by atoms with van der Waals surface area (Å²) in [6.07, 6.45) is 28.0. The molecule has 1 rings (SSSR count). The van der Waals surface area contributed by atoms with Gasteiger partial charge in [-0.15, -0.1) is 0 Å². The molecule has 0 bridgehead atoms. The van der Waals surface area contributed by atoms with Gasteiger partial charge in [-0.25, -0.2) is 0 Å². The topological polar surface area (TPSA) is 6.48 Å². The van der Waals surface area contributed by atoms with Crippen LogP contribution in [0.15, 0.2) is 12.4 Å². The van der Waals surface area contributed by atoms with Gasteiger partial charge < -0.3 is 9.80 Å². The molecule has 0 amide bonds. The second-order valence-electron chi connectivity index (χ2n) is 8.04. The van der Waals surface area contributed by atoms with Crippen molar-refractivity contribution in [2.45, 2.75) is 123 Å². The highest BCUT2D eigenvalue weighted by atomic mass is 15.4. The summed E-state index contributed by atoms with van der Waals surface area (Å²) in [5.41, 5.74) is 0. The molecule has 0 aliphatic carbocycles. The Morgan fingerprint density at radius 2 is 1.04 bits per heavy atom. The molecule has 2 nitrogen and oxygen atoms in total. The van der Waals surface area contributed by atoms with Crippen LogP contribution in [0.3, 0.4) is 0 Å². The minimum atomic E-state index is 0.603. The highest BCUT2D eigenvalue weighted by Crippen LogP contribution is 2.18. The van der Waals surface area contributed by atoms with Crippen molar-refractivity contribution in [3.8, 4) is 0 Å². The molecule has 1 atom stereocenters. The Morgan fingerprint density at radius 1 is 0.600 bits per heavy atom. The maximum Gasteiger partial charge on any atom is 0.100 e. The molecule has 25 heavy (non-hydrogen) atoms. The lowest BCUT2D eigenvalue weighted by atomic mass is 10.0. The summed E-state index contributed by atoms with van der Waals surface area (Å²) in [5, 5.41) is 0. The van der Waals surface area contributed by atoms with E-state index in [1.54, 1.807) is 0 Å². The van der Waals surface area contributed by atoms with Gasteiger partial charge in [0, 0.05) is 26.0 Å². The molecular formula is C23H46N2. The van der Waals surface area contributed by atoms with Gasteiger partial charge >= 0.3 is 0 Å². The van der Waals surface area contributed by atoms with Gasteiger partial charge in [-0.2, -0.15) is 0 Å². The van der Waals surface area contributed by atoms with E-state index in [1.165, 1.54) is 109 Å². The van der Waals surface area contributed by atoms with Crippen LogP contribution in [0.4, 0.5) is 0 Å². The lowest BCUT2D eigenvalue weighted by molar-refractivity contribution is 0.168. The first kappa shape index (κ1) is 22.4. The SMILES string of the molecule is CCCCCCCCCCCCCCCCCN1C=CN(C)C1CC. The van der Waals surface area contributed by atoms with Gasteiger partial charge in [0.1, 0.15) is 6.17 Å². The highest BCUT2D eigenvalue weighted by Gasteiger charge is 2.20. The van der Waals surface area contributed by atoms with E-state index in [1.807, 2.05) is 0 Å². The van der Waals surface area contributed by atoms with Gasteiger partial charge in [0.2, 0.25) is 0 Å². The molecule has 0 fully saturated rings. The van der Waals surface area contributed by atoms with Crippen molar-refractivity contribution >= 4 is 0 Å². The minimum Gasteiger partial charge on any atom is -0.359 e. The maximum absolute atomic E-state index is 2.52. The molecule has 0 saturated carbocycles. The number of hydrogen-bond acceptors (Lipinski definition) is 2. The zero-order chi connectivity index (χ0) is 18.2. The van der Waals surface area contributed by atoms with Gasteiger partial charge in [0.25, 0.3) is 0 Å². The van der Waals surface area contributed by atoms with Crippen molar-refractivity contribution in [2.24, 2.45) is 0 Å². The third-order valence-electron chi connectivity index (χ3n) is 5.73. The molecule has 148 valence electrons. The van der Waals surface area contributed by atoms with Crippen molar-refractivity contribution in [1.29, 1.82) is 0 Å². The molecule has 0 spiro atoms. The summed E-state index contributed by atoms with van der Waals surface area (Å²) in [5.74, 6) is 0. The minimum absolute atomic E-state index is 0.603. The van der Waals surface area contributed by atoms with Crippen molar-refractivity contribution in [3.05, 3.63) is 12.4 Å². The van der Waals surface area contributed by atoms with Crippen LogP contribution in [0.1, 0.15) is 117 Å². The standard InChI is InChI=1S/C23H46N2/c1-4-6-7-8-9-10-11-12-13-14-15-16-17-18-19-20-25-22-21-24(3)23(25)5-2/h21-23H,4-20H2,1-3H3. The summed E-state index contributed by atoms with van der Waals surface area (Å²) < 4.78 is 0. The fourth-order valence-electron chi connectivity index (χ4n) is 4.04. The molecule has 0 aromatic heterocycles. The van der Waals surface area contributed by atoms with Crippen LogP contribution in [0, 0.1) is 0 Å². The smallest absolute Gasteiger partial charge is 0.100 e. The number of hydrogen-bond donors (Lipinski definition) is 0. The molecule has 1 heterocycles. The fraction of sp³-hybridized carbons (Fsp3) is 0.913. The van der Waals surface area contributed by atoms with Crippen molar-refractivity contribution in [2.75, 3.05) is 13.6 Å². The first-order valence-corrected chi connectivity index (χ1v) is 11.5. The van der Waals surface area contributed by atoms with Crippen LogP contribution in [0.25, 0.3) is 0 Å². The summed E-state index contributed by atoms with van der Waals surface area (Å²) in [6.45, 7) is 5.82. The molecule has 0 saturated heterocycles. The predicted molar refractivity (Wildman–Crippen MR) is 113 cm³/mol. The van der Waals surface area contributed by atoms with Gasteiger partial charge in [0.05, 0.1) is 0 Å².